The molecule has 0 unspecified atom stereocenters. The molecular formula is C14H20N2O10. The van der Waals surface area contributed by atoms with Crippen molar-refractivity contribution >= 4 is 35.4 Å². The fourth-order valence-corrected chi connectivity index (χ4v) is 1.46. The van der Waals surface area contributed by atoms with Gasteiger partial charge in [0.1, 0.15) is 13.1 Å². The van der Waals surface area contributed by atoms with E-state index in [2.05, 4.69) is 19.4 Å². The molecule has 12 heteroatoms. The van der Waals surface area contributed by atoms with Crippen molar-refractivity contribution < 1.29 is 48.1 Å². The summed E-state index contributed by atoms with van der Waals surface area (Å²) >= 11 is 0. The van der Waals surface area contributed by atoms with E-state index in [0.717, 1.165) is 27.7 Å². The smallest absolute Gasteiger partial charge is 0.326 e. The minimum Gasteiger partial charge on any atom is -0.333 e. The maximum absolute atomic E-state index is 11.8. The Kier molecular flexibility index (Phi) is 10.4. The Morgan fingerprint density at radius 3 is 0.962 bits per heavy atom. The summed E-state index contributed by atoms with van der Waals surface area (Å²) in [5, 5.41) is 0.809. The molecule has 146 valence electrons. The van der Waals surface area contributed by atoms with E-state index < -0.39 is 48.5 Å². The monoisotopic (exact) mass is 376 g/mol. The molecule has 26 heavy (non-hydrogen) atoms. The van der Waals surface area contributed by atoms with E-state index in [1.165, 1.54) is 0 Å². The second-order valence-corrected chi connectivity index (χ2v) is 4.89. The quantitative estimate of drug-likeness (QED) is 0.425. The zero-order chi connectivity index (χ0) is 20.3. The predicted octanol–water partition coefficient (Wildman–Crippen LogP) is -0.579. The van der Waals surface area contributed by atoms with Crippen LogP contribution in [0.15, 0.2) is 0 Å². The highest BCUT2D eigenvalue weighted by Gasteiger charge is 2.21. The molecule has 0 radical (unpaired) electrons. The number of ketones is 2. The summed E-state index contributed by atoms with van der Waals surface area (Å²) in [6.07, 6.45) is -0.572. The molecule has 0 saturated heterocycles. The van der Waals surface area contributed by atoms with E-state index in [4.69, 9.17) is 0 Å². The van der Waals surface area contributed by atoms with Gasteiger partial charge in [-0.1, -0.05) is 0 Å². The van der Waals surface area contributed by atoms with Crippen LogP contribution in [-0.4, -0.2) is 59.0 Å². The second kappa shape index (κ2) is 11.7. The zero-order valence-electron chi connectivity index (χ0n) is 14.8. The Balaban J connectivity index is 4.50. The van der Waals surface area contributed by atoms with E-state index in [0.29, 0.717) is 10.5 Å². The molecule has 0 spiro atoms. The molecule has 12 nitrogen and oxygen atoms in total. The largest absolute Gasteiger partial charge is 0.333 e. The summed E-state index contributed by atoms with van der Waals surface area (Å²) in [5.74, 6) is -4.40. The molecular weight excluding hydrogens is 356 g/mol. The van der Waals surface area contributed by atoms with E-state index in [1.807, 2.05) is 0 Å². The molecule has 0 rings (SSSR count). The number of Topliss-reactive ketones (excluding diaryl/α,β-unsaturated/α-hetero) is 2. The highest BCUT2D eigenvalue weighted by molar-refractivity contribution is 5.88. The fraction of sp³-hybridized carbons (Fsp3) is 0.571. The summed E-state index contributed by atoms with van der Waals surface area (Å²) in [6.45, 7) is 3.02. The lowest BCUT2D eigenvalue weighted by Gasteiger charge is -2.18. The first-order valence-electron chi connectivity index (χ1n) is 7.32. The average Bonchev–Trinajstić information content (AvgIpc) is 2.41. The lowest BCUT2D eigenvalue weighted by atomic mass is 10.1. The van der Waals surface area contributed by atoms with Crippen LogP contribution < -0.4 is 0 Å². The molecule has 0 aliphatic rings. The van der Waals surface area contributed by atoms with E-state index in [9.17, 15) is 28.8 Å². The highest BCUT2D eigenvalue weighted by atomic mass is 17.0. The van der Waals surface area contributed by atoms with Gasteiger partial charge in [0.05, 0.1) is 0 Å². The van der Waals surface area contributed by atoms with Crippen molar-refractivity contribution in [2.24, 2.45) is 0 Å². The maximum Gasteiger partial charge on any atom is 0.326 e. The van der Waals surface area contributed by atoms with Gasteiger partial charge in [0.15, 0.2) is 11.6 Å². The number of nitrogens with zero attached hydrogens (tertiary/aromatic N) is 2. The zero-order valence-corrected chi connectivity index (χ0v) is 14.8. The second-order valence-electron chi connectivity index (χ2n) is 4.89. The van der Waals surface area contributed by atoms with Crippen molar-refractivity contribution in [1.82, 2.24) is 10.5 Å². The van der Waals surface area contributed by atoms with Gasteiger partial charge in [0.25, 0.3) is 0 Å². The third-order valence-corrected chi connectivity index (χ3v) is 2.22. The third kappa shape index (κ3) is 12.5. The first-order valence-corrected chi connectivity index (χ1v) is 7.32. The first-order chi connectivity index (χ1) is 12.0. The van der Waals surface area contributed by atoms with E-state index in [-0.39, 0.29) is 12.8 Å². The predicted molar refractivity (Wildman–Crippen MR) is 79.7 cm³/mol. The van der Waals surface area contributed by atoms with Crippen molar-refractivity contribution in [2.45, 2.75) is 40.5 Å². The first kappa shape index (κ1) is 23.1. The molecule has 0 N–H and O–H groups in total. The van der Waals surface area contributed by atoms with Crippen LogP contribution in [0.5, 0.6) is 0 Å². The number of hydrogen-bond donors (Lipinski definition) is 0. The molecule has 0 amide bonds. The maximum atomic E-state index is 11.8. The molecule has 0 fully saturated rings. The van der Waals surface area contributed by atoms with Gasteiger partial charge in [-0.25, -0.2) is 0 Å². The van der Waals surface area contributed by atoms with Gasteiger partial charge in [-0.15, -0.1) is 0 Å². The van der Waals surface area contributed by atoms with Crippen molar-refractivity contribution in [3.8, 4) is 0 Å². The molecule has 0 bridgehead atoms. The molecule has 0 aliphatic heterocycles. The van der Waals surface area contributed by atoms with Gasteiger partial charge in [-0.2, -0.15) is 0 Å². The van der Waals surface area contributed by atoms with E-state index in [1.54, 1.807) is 0 Å². The Morgan fingerprint density at radius 1 is 0.538 bits per heavy atom. The number of hydroxylamine groups is 4. The van der Waals surface area contributed by atoms with Gasteiger partial charge >= 0.3 is 23.9 Å². The third-order valence-electron chi connectivity index (χ3n) is 2.22. The Labute approximate surface area is 148 Å². The van der Waals surface area contributed by atoms with Crippen LogP contribution >= 0.6 is 0 Å². The van der Waals surface area contributed by atoms with Gasteiger partial charge in [0.2, 0.25) is 0 Å². The van der Waals surface area contributed by atoms with Crippen molar-refractivity contribution in [2.75, 3.05) is 13.1 Å². The Hall–Kier alpha value is -2.86. The minimum atomic E-state index is -0.812. The number of carbonyl (C=O) groups excluding carboxylic acids is 6. The van der Waals surface area contributed by atoms with Crippen LogP contribution in [0, 0.1) is 0 Å². The number of hydrogen-bond acceptors (Lipinski definition) is 12. The lowest BCUT2D eigenvalue weighted by molar-refractivity contribution is -0.320. The van der Waals surface area contributed by atoms with Crippen LogP contribution in [0.2, 0.25) is 0 Å². The van der Waals surface area contributed by atoms with Crippen LogP contribution in [0.1, 0.15) is 40.5 Å². The number of rotatable bonds is 11. The van der Waals surface area contributed by atoms with Crippen LogP contribution in [-0.2, 0) is 48.1 Å². The fourth-order valence-electron chi connectivity index (χ4n) is 1.46. The summed E-state index contributed by atoms with van der Waals surface area (Å²) in [6, 6.07) is 0. The molecule has 0 heterocycles. The standard InChI is InChI=1S/C14H20N2O10/c1-9(17)23-15(24-10(2)18)7-13(21)5-6-14(22)8-16(25-11(3)19)26-12(4)20/h5-8H2,1-4H3. The molecule has 0 aromatic carbocycles. The van der Waals surface area contributed by atoms with Gasteiger partial charge < -0.3 is 19.4 Å². The topological polar surface area (TPSA) is 146 Å². The van der Waals surface area contributed by atoms with Crippen LogP contribution in [0.3, 0.4) is 0 Å². The molecule has 0 aromatic rings. The van der Waals surface area contributed by atoms with Crippen LogP contribution in [0.4, 0.5) is 0 Å². The van der Waals surface area contributed by atoms with Crippen LogP contribution in [0.25, 0.3) is 0 Å². The highest BCUT2D eigenvalue weighted by Crippen LogP contribution is 2.02. The molecule has 0 saturated carbocycles. The van der Waals surface area contributed by atoms with Crippen molar-refractivity contribution in [1.29, 1.82) is 0 Å². The van der Waals surface area contributed by atoms with Gasteiger partial charge in [-0.05, 0) is 0 Å². The number of carbonyl (C=O) groups is 6. The van der Waals surface area contributed by atoms with E-state index >= 15 is 0 Å². The normalized spacial score (nSPS) is 10.2. The summed E-state index contributed by atoms with van der Waals surface area (Å²) in [5.41, 5.74) is 0. The Bertz CT molecular complexity index is 492. The van der Waals surface area contributed by atoms with Gasteiger partial charge in [-0.3, -0.25) is 28.8 Å². The molecule has 0 atom stereocenters. The minimum absolute atomic E-state index is 0.286. The summed E-state index contributed by atoms with van der Waals surface area (Å²) in [4.78, 5) is 85.1. The Morgan fingerprint density at radius 2 is 0.769 bits per heavy atom. The molecule has 0 aliphatic carbocycles. The average molecular weight is 376 g/mol. The van der Waals surface area contributed by atoms with Crippen molar-refractivity contribution in [3.63, 3.8) is 0 Å². The van der Waals surface area contributed by atoms with Crippen molar-refractivity contribution in [3.05, 3.63) is 0 Å². The summed E-state index contributed by atoms with van der Waals surface area (Å²) in [7, 11) is 0. The lowest BCUT2D eigenvalue weighted by Crippen LogP contribution is -2.35. The van der Waals surface area contributed by atoms with Gasteiger partial charge in [0, 0.05) is 51.0 Å². The molecule has 0 aromatic heterocycles. The SMILES string of the molecule is CC(=O)ON(CC(=O)CCC(=O)CN(OC(C)=O)OC(C)=O)OC(C)=O. The summed E-state index contributed by atoms with van der Waals surface area (Å²) < 4.78 is 0.